The number of benzene rings is 1. The zero-order valence-electron chi connectivity index (χ0n) is 12.1. The number of halogens is 1. The van der Waals surface area contributed by atoms with Gasteiger partial charge in [0.15, 0.2) is 0 Å². The highest BCUT2D eigenvalue weighted by Gasteiger charge is 2.08. The molecule has 2 aromatic rings. The van der Waals surface area contributed by atoms with Crippen molar-refractivity contribution in [2.45, 2.75) is 20.4 Å². The number of carbonyl (C=O) groups excluding carboxylic acids is 1. The van der Waals surface area contributed by atoms with Gasteiger partial charge < -0.3 is 10.6 Å². The molecule has 0 saturated carbocycles. The van der Waals surface area contributed by atoms with Gasteiger partial charge in [-0.15, -0.1) is 0 Å². The summed E-state index contributed by atoms with van der Waals surface area (Å²) >= 11 is 5.87. The first kappa shape index (κ1) is 15.4. The number of urea groups is 1. The van der Waals surface area contributed by atoms with Crippen LogP contribution in [0.4, 0.5) is 10.5 Å². The highest BCUT2D eigenvalue weighted by Crippen LogP contribution is 2.14. The molecule has 0 aliphatic heterocycles. The third-order valence-corrected chi connectivity index (χ3v) is 3.34. The fourth-order valence-corrected chi connectivity index (χ4v) is 2.15. The Balaban J connectivity index is 1.77. The lowest BCUT2D eigenvalue weighted by Gasteiger charge is -2.14. The number of rotatable bonds is 5. The monoisotopic (exact) mass is 306 g/mol. The normalized spacial score (nSPS) is 12.0. The number of hydrogen-bond acceptors (Lipinski definition) is 2. The highest BCUT2D eigenvalue weighted by atomic mass is 35.5. The van der Waals surface area contributed by atoms with E-state index < -0.39 is 0 Å². The lowest BCUT2D eigenvalue weighted by molar-refractivity contribution is 0.249. The molecule has 112 valence electrons. The van der Waals surface area contributed by atoms with Crippen molar-refractivity contribution >= 4 is 23.3 Å². The van der Waals surface area contributed by atoms with E-state index in [9.17, 15) is 4.79 Å². The fourth-order valence-electron chi connectivity index (χ4n) is 1.96. The minimum atomic E-state index is -0.235. The third kappa shape index (κ3) is 4.79. The SMILES string of the molecule is Cc1ccnn1C[C@@H](C)CNC(=O)Nc1cccc(Cl)c1. The number of amides is 2. The standard InChI is InChI=1S/C15H19ClN4O/c1-11(10-20-12(2)6-7-18-20)9-17-15(21)19-14-5-3-4-13(16)8-14/h3-8,11H,9-10H2,1-2H3,(H2,17,19,21)/t11-/m0/s1. The molecule has 1 aromatic heterocycles. The molecule has 2 N–H and O–H groups in total. The number of anilines is 1. The molecule has 1 heterocycles. The molecule has 0 spiro atoms. The molecule has 2 rings (SSSR count). The van der Waals surface area contributed by atoms with Crippen LogP contribution >= 0.6 is 11.6 Å². The second-order valence-corrected chi connectivity index (χ2v) is 5.54. The van der Waals surface area contributed by atoms with Gasteiger partial charge in [0, 0.05) is 35.7 Å². The van der Waals surface area contributed by atoms with Gasteiger partial charge in [-0.2, -0.15) is 5.10 Å². The van der Waals surface area contributed by atoms with Crippen molar-refractivity contribution in [2.24, 2.45) is 5.92 Å². The Morgan fingerprint density at radius 1 is 1.43 bits per heavy atom. The van der Waals surface area contributed by atoms with Crippen LogP contribution < -0.4 is 10.6 Å². The lowest BCUT2D eigenvalue weighted by atomic mass is 10.2. The van der Waals surface area contributed by atoms with Crippen LogP contribution in [0.5, 0.6) is 0 Å². The molecule has 1 aromatic carbocycles. The molecule has 0 unspecified atom stereocenters. The molecule has 1 atom stereocenters. The molecule has 21 heavy (non-hydrogen) atoms. The van der Waals surface area contributed by atoms with Gasteiger partial charge in [0.25, 0.3) is 0 Å². The van der Waals surface area contributed by atoms with Gasteiger partial charge in [-0.25, -0.2) is 4.79 Å². The van der Waals surface area contributed by atoms with E-state index in [0.29, 0.717) is 17.3 Å². The van der Waals surface area contributed by atoms with Gasteiger partial charge in [-0.3, -0.25) is 4.68 Å². The Bertz CT molecular complexity index is 611. The van der Waals surface area contributed by atoms with Gasteiger partial charge in [0.05, 0.1) is 0 Å². The van der Waals surface area contributed by atoms with E-state index in [1.807, 2.05) is 17.7 Å². The van der Waals surface area contributed by atoms with Crippen molar-refractivity contribution < 1.29 is 4.79 Å². The second-order valence-electron chi connectivity index (χ2n) is 5.11. The van der Waals surface area contributed by atoms with E-state index in [2.05, 4.69) is 22.7 Å². The first-order valence-corrected chi connectivity index (χ1v) is 7.21. The van der Waals surface area contributed by atoms with Crippen molar-refractivity contribution in [3.8, 4) is 0 Å². The van der Waals surface area contributed by atoms with E-state index >= 15 is 0 Å². The maximum atomic E-state index is 11.8. The average molecular weight is 307 g/mol. The van der Waals surface area contributed by atoms with Crippen molar-refractivity contribution in [2.75, 3.05) is 11.9 Å². The number of aryl methyl sites for hydroxylation is 1. The average Bonchev–Trinajstić information content (AvgIpc) is 2.82. The summed E-state index contributed by atoms with van der Waals surface area (Å²) in [5, 5.41) is 10.4. The van der Waals surface area contributed by atoms with Gasteiger partial charge in [0.2, 0.25) is 0 Å². The minimum absolute atomic E-state index is 0.235. The summed E-state index contributed by atoms with van der Waals surface area (Å²) in [5.74, 6) is 0.286. The van der Waals surface area contributed by atoms with E-state index in [0.717, 1.165) is 12.2 Å². The van der Waals surface area contributed by atoms with Crippen molar-refractivity contribution in [1.82, 2.24) is 15.1 Å². The predicted molar refractivity (Wildman–Crippen MR) is 84.6 cm³/mol. The highest BCUT2D eigenvalue weighted by molar-refractivity contribution is 6.30. The summed E-state index contributed by atoms with van der Waals surface area (Å²) in [4.78, 5) is 11.8. The molecule has 0 radical (unpaired) electrons. The lowest BCUT2D eigenvalue weighted by Crippen LogP contribution is -2.33. The number of nitrogens with zero attached hydrogens (tertiary/aromatic N) is 2. The topological polar surface area (TPSA) is 59.0 Å². The van der Waals surface area contributed by atoms with Crippen LogP contribution in [0.1, 0.15) is 12.6 Å². The zero-order valence-corrected chi connectivity index (χ0v) is 12.9. The van der Waals surface area contributed by atoms with E-state index in [1.165, 1.54) is 0 Å². The van der Waals surface area contributed by atoms with Gasteiger partial charge >= 0.3 is 6.03 Å². The summed E-state index contributed by atoms with van der Waals surface area (Å²) < 4.78 is 1.93. The predicted octanol–water partition coefficient (Wildman–Crippen LogP) is 3.30. The van der Waals surface area contributed by atoms with Gasteiger partial charge in [0.1, 0.15) is 0 Å². The van der Waals surface area contributed by atoms with Crippen molar-refractivity contribution in [1.29, 1.82) is 0 Å². The molecule has 0 saturated heterocycles. The maximum Gasteiger partial charge on any atom is 0.319 e. The van der Waals surface area contributed by atoms with Crippen molar-refractivity contribution in [3.63, 3.8) is 0 Å². The molecule has 0 fully saturated rings. The summed E-state index contributed by atoms with van der Waals surface area (Å²) in [6, 6.07) is 8.78. The summed E-state index contributed by atoms with van der Waals surface area (Å²) in [7, 11) is 0. The summed E-state index contributed by atoms with van der Waals surface area (Å²) in [6.07, 6.45) is 1.78. The number of carbonyl (C=O) groups is 1. The van der Waals surface area contributed by atoms with E-state index in [1.54, 1.807) is 30.5 Å². The van der Waals surface area contributed by atoms with E-state index in [-0.39, 0.29) is 11.9 Å². The second kappa shape index (κ2) is 7.13. The van der Waals surface area contributed by atoms with Gasteiger partial charge in [-0.1, -0.05) is 24.6 Å². The smallest absolute Gasteiger partial charge is 0.319 e. The quantitative estimate of drug-likeness (QED) is 0.890. The molecule has 0 aliphatic rings. The van der Waals surface area contributed by atoms with Crippen LogP contribution in [0.15, 0.2) is 36.5 Å². The Morgan fingerprint density at radius 3 is 2.90 bits per heavy atom. The Kier molecular flexibility index (Phi) is 5.22. The van der Waals surface area contributed by atoms with Crippen LogP contribution in [0.3, 0.4) is 0 Å². The molecular formula is C15H19ClN4O. The molecule has 5 nitrogen and oxygen atoms in total. The first-order chi connectivity index (χ1) is 10.0. The van der Waals surface area contributed by atoms with Crippen molar-refractivity contribution in [3.05, 3.63) is 47.2 Å². The van der Waals surface area contributed by atoms with Crippen LogP contribution in [-0.2, 0) is 6.54 Å². The van der Waals surface area contributed by atoms with Crippen LogP contribution in [-0.4, -0.2) is 22.4 Å². The number of nitrogens with one attached hydrogen (secondary N) is 2. The Labute approximate surface area is 129 Å². The summed E-state index contributed by atoms with van der Waals surface area (Å²) in [6.45, 7) is 5.43. The fraction of sp³-hybridized carbons (Fsp3) is 0.333. The molecular weight excluding hydrogens is 288 g/mol. The third-order valence-electron chi connectivity index (χ3n) is 3.11. The first-order valence-electron chi connectivity index (χ1n) is 6.83. The molecule has 2 amide bonds. The molecule has 6 heteroatoms. The minimum Gasteiger partial charge on any atom is -0.338 e. The number of aromatic nitrogens is 2. The van der Waals surface area contributed by atoms with E-state index in [4.69, 9.17) is 11.6 Å². The summed E-state index contributed by atoms with van der Waals surface area (Å²) in [5.41, 5.74) is 1.79. The largest absolute Gasteiger partial charge is 0.338 e. The Hall–Kier alpha value is -2.01. The number of hydrogen-bond donors (Lipinski definition) is 2. The Morgan fingerprint density at radius 2 is 2.24 bits per heavy atom. The zero-order chi connectivity index (χ0) is 15.2. The van der Waals surface area contributed by atoms with Crippen LogP contribution in [0.2, 0.25) is 5.02 Å². The maximum absolute atomic E-state index is 11.8. The van der Waals surface area contributed by atoms with Gasteiger partial charge in [-0.05, 0) is 37.1 Å². The molecule has 0 bridgehead atoms. The van der Waals surface area contributed by atoms with Crippen LogP contribution in [0.25, 0.3) is 0 Å². The molecule has 0 aliphatic carbocycles. The van der Waals surface area contributed by atoms with Crippen LogP contribution in [0, 0.1) is 12.8 Å².